The molecule has 4 aromatic heterocycles. The SMILES string of the molecule is c1ccc(-c2ccc(-c3nc(-c4ccc5c(c4)oc4cc6c(cc45)c4ccccc4n6-c4ccccc4)nc(-c4cccc5oc6ccccc6c45)n3)cc2)cc1. The molecule has 0 saturated carbocycles. The Morgan fingerprint density at radius 2 is 0.947 bits per heavy atom. The van der Waals surface area contributed by atoms with Gasteiger partial charge in [0.2, 0.25) is 0 Å². The fourth-order valence-corrected chi connectivity index (χ4v) is 8.39. The van der Waals surface area contributed by atoms with Gasteiger partial charge in [0.05, 0.1) is 11.0 Å². The molecule has 4 heterocycles. The largest absolute Gasteiger partial charge is 0.456 e. The summed E-state index contributed by atoms with van der Waals surface area (Å²) in [6.07, 6.45) is 0. The van der Waals surface area contributed by atoms with Crippen LogP contribution in [0.1, 0.15) is 0 Å². The van der Waals surface area contributed by atoms with Crippen molar-refractivity contribution >= 4 is 65.7 Å². The van der Waals surface area contributed by atoms with E-state index in [1.54, 1.807) is 0 Å². The van der Waals surface area contributed by atoms with Gasteiger partial charge in [0, 0.05) is 60.8 Å². The van der Waals surface area contributed by atoms with Crippen molar-refractivity contribution in [2.24, 2.45) is 0 Å². The van der Waals surface area contributed by atoms with Gasteiger partial charge in [-0.05, 0) is 59.7 Å². The number of hydrogen-bond acceptors (Lipinski definition) is 5. The summed E-state index contributed by atoms with van der Waals surface area (Å²) in [5, 5.41) is 6.47. The van der Waals surface area contributed by atoms with Crippen molar-refractivity contribution in [3.8, 4) is 51.0 Å². The molecule has 0 aliphatic carbocycles. The molecule has 0 saturated heterocycles. The van der Waals surface area contributed by atoms with Crippen LogP contribution in [-0.2, 0) is 0 Å². The Labute approximate surface area is 325 Å². The molecular formula is C51H30N4O2. The van der Waals surface area contributed by atoms with Crippen LogP contribution in [0.3, 0.4) is 0 Å². The molecule has 0 spiro atoms. The fourth-order valence-electron chi connectivity index (χ4n) is 8.39. The molecule has 0 aliphatic rings. The topological polar surface area (TPSA) is 69.9 Å². The first-order chi connectivity index (χ1) is 28.2. The van der Waals surface area contributed by atoms with E-state index in [0.717, 1.165) is 88.4 Å². The third kappa shape index (κ3) is 5.01. The van der Waals surface area contributed by atoms with Crippen molar-refractivity contribution < 1.29 is 8.83 Å². The molecule has 0 radical (unpaired) electrons. The van der Waals surface area contributed by atoms with E-state index in [9.17, 15) is 0 Å². The first-order valence-corrected chi connectivity index (χ1v) is 19.0. The lowest BCUT2D eigenvalue weighted by Gasteiger charge is -2.10. The van der Waals surface area contributed by atoms with Crippen LogP contribution in [0.4, 0.5) is 0 Å². The Balaban J connectivity index is 1.04. The van der Waals surface area contributed by atoms with Gasteiger partial charge in [-0.3, -0.25) is 0 Å². The summed E-state index contributed by atoms with van der Waals surface area (Å²) in [6, 6.07) is 62.7. The highest BCUT2D eigenvalue weighted by atomic mass is 16.3. The minimum atomic E-state index is 0.556. The molecular weight excluding hydrogens is 701 g/mol. The molecule has 12 aromatic rings. The third-order valence-electron chi connectivity index (χ3n) is 11.1. The molecule has 0 atom stereocenters. The van der Waals surface area contributed by atoms with Gasteiger partial charge in [0.1, 0.15) is 22.3 Å². The molecule has 0 unspecified atom stereocenters. The van der Waals surface area contributed by atoms with Gasteiger partial charge >= 0.3 is 0 Å². The number of aromatic nitrogens is 4. The molecule has 57 heavy (non-hydrogen) atoms. The molecule has 0 aliphatic heterocycles. The van der Waals surface area contributed by atoms with E-state index in [-0.39, 0.29) is 0 Å². The Bertz CT molecular complexity index is 3510. The molecule has 12 rings (SSSR count). The second-order valence-corrected chi connectivity index (χ2v) is 14.4. The van der Waals surface area contributed by atoms with Gasteiger partial charge in [-0.2, -0.15) is 0 Å². The van der Waals surface area contributed by atoms with Crippen molar-refractivity contribution in [2.45, 2.75) is 0 Å². The lowest BCUT2D eigenvalue weighted by atomic mass is 10.0. The molecule has 266 valence electrons. The molecule has 8 aromatic carbocycles. The lowest BCUT2D eigenvalue weighted by molar-refractivity contribution is 0.669. The Morgan fingerprint density at radius 1 is 0.333 bits per heavy atom. The van der Waals surface area contributed by atoms with E-state index in [4.69, 9.17) is 23.8 Å². The number of para-hydroxylation sites is 3. The minimum absolute atomic E-state index is 0.556. The third-order valence-corrected chi connectivity index (χ3v) is 11.1. The summed E-state index contributed by atoms with van der Waals surface area (Å²) in [5.74, 6) is 1.71. The maximum atomic E-state index is 6.69. The average molecular weight is 731 g/mol. The van der Waals surface area contributed by atoms with E-state index in [1.807, 2.05) is 42.5 Å². The van der Waals surface area contributed by atoms with Gasteiger partial charge in [0.25, 0.3) is 0 Å². The summed E-state index contributed by atoms with van der Waals surface area (Å²) < 4.78 is 15.3. The monoisotopic (exact) mass is 730 g/mol. The molecule has 0 bridgehead atoms. The summed E-state index contributed by atoms with van der Waals surface area (Å²) in [7, 11) is 0. The van der Waals surface area contributed by atoms with E-state index >= 15 is 0 Å². The average Bonchev–Trinajstić information content (AvgIpc) is 3.95. The summed E-state index contributed by atoms with van der Waals surface area (Å²) in [4.78, 5) is 15.4. The maximum Gasteiger partial charge on any atom is 0.164 e. The predicted molar refractivity (Wildman–Crippen MR) is 230 cm³/mol. The lowest BCUT2D eigenvalue weighted by Crippen LogP contribution is -2.00. The number of hydrogen-bond donors (Lipinski definition) is 0. The quantitative estimate of drug-likeness (QED) is 0.176. The highest BCUT2D eigenvalue weighted by Gasteiger charge is 2.20. The van der Waals surface area contributed by atoms with Crippen LogP contribution in [0.15, 0.2) is 191 Å². The highest BCUT2D eigenvalue weighted by Crippen LogP contribution is 2.40. The van der Waals surface area contributed by atoms with Gasteiger partial charge in [0.15, 0.2) is 17.5 Å². The van der Waals surface area contributed by atoms with Gasteiger partial charge < -0.3 is 13.4 Å². The predicted octanol–water partition coefficient (Wildman–Crippen LogP) is 13.4. The maximum absolute atomic E-state index is 6.69. The smallest absolute Gasteiger partial charge is 0.164 e. The summed E-state index contributed by atoms with van der Waals surface area (Å²) in [5.41, 5.74) is 11.5. The summed E-state index contributed by atoms with van der Waals surface area (Å²) >= 11 is 0. The minimum Gasteiger partial charge on any atom is -0.456 e. The Morgan fingerprint density at radius 3 is 1.79 bits per heavy atom. The molecule has 6 heteroatoms. The standard InChI is InChI=1S/C51H30N4O2/c1-3-12-31(13-4-1)32-22-24-33(25-23-32)49-52-50(54-51(53-49)39-18-11-21-45-48(39)38-17-8-10-20-44(38)56-45)34-26-27-37-41-29-40-36-16-7-9-19-42(36)55(35-14-5-2-6-15-35)43(40)30-47(41)57-46(37)28-34/h1-30H. The van der Waals surface area contributed by atoms with Crippen molar-refractivity contribution in [2.75, 3.05) is 0 Å². The Kier molecular flexibility index (Phi) is 6.83. The normalized spacial score (nSPS) is 11.9. The zero-order chi connectivity index (χ0) is 37.5. The molecule has 0 amide bonds. The summed E-state index contributed by atoms with van der Waals surface area (Å²) in [6.45, 7) is 0. The van der Waals surface area contributed by atoms with Crippen LogP contribution in [0.25, 0.3) is 117 Å². The second-order valence-electron chi connectivity index (χ2n) is 14.4. The van der Waals surface area contributed by atoms with Crippen LogP contribution >= 0.6 is 0 Å². The van der Waals surface area contributed by atoms with Crippen LogP contribution in [0, 0.1) is 0 Å². The number of nitrogens with zero attached hydrogens (tertiary/aromatic N) is 4. The second kappa shape index (κ2) is 12.3. The highest BCUT2D eigenvalue weighted by molar-refractivity contribution is 6.17. The molecule has 0 fully saturated rings. The van der Waals surface area contributed by atoms with E-state index in [2.05, 4.69) is 144 Å². The van der Waals surface area contributed by atoms with Crippen molar-refractivity contribution in [3.05, 3.63) is 182 Å². The van der Waals surface area contributed by atoms with Crippen LogP contribution in [0.2, 0.25) is 0 Å². The number of fused-ring (bicyclic) bond motifs is 9. The zero-order valence-electron chi connectivity index (χ0n) is 30.4. The van der Waals surface area contributed by atoms with Gasteiger partial charge in [-0.1, -0.05) is 127 Å². The van der Waals surface area contributed by atoms with Crippen LogP contribution < -0.4 is 0 Å². The van der Waals surface area contributed by atoms with Gasteiger partial charge in [-0.25, -0.2) is 15.0 Å². The first-order valence-electron chi connectivity index (χ1n) is 19.0. The van der Waals surface area contributed by atoms with Crippen LogP contribution in [-0.4, -0.2) is 19.5 Å². The zero-order valence-corrected chi connectivity index (χ0v) is 30.4. The first kappa shape index (κ1) is 31.5. The van der Waals surface area contributed by atoms with E-state index in [0.29, 0.717) is 17.5 Å². The van der Waals surface area contributed by atoms with Crippen molar-refractivity contribution in [3.63, 3.8) is 0 Å². The number of benzene rings is 8. The molecule has 6 nitrogen and oxygen atoms in total. The fraction of sp³-hybridized carbons (Fsp3) is 0. The Hall–Kier alpha value is -7.83. The molecule has 0 N–H and O–H groups in total. The van der Waals surface area contributed by atoms with Crippen LogP contribution in [0.5, 0.6) is 0 Å². The number of rotatable bonds is 5. The van der Waals surface area contributed by atoms with Crippen molar-refractivity contribution in [1.29, 1.82) is 0 Å². The van der Waals surface area contributed by atoms with E-state index in [1.165, 1.54) is 10.8 Å². The van der Waals surface area contributed by atoms with Gasteiger partial charge in [-0.15, -0.1) is 0 Å². The van der Waals surface area contributed by atoms with E-state index < -0.39 is 0 Å². The van der Waals surface area contributed by atoms with Crippen molar-refractivity contribution in [1.82, 2.24) is 19.5 Å². The number of furan rings is 2.